The molecule has 0 heterocycles. The molecule has 1 unspecified atom stereocenters. The summed E-state index contributed by atoms with van der Waals surface area (Å²) in [6.45, 7) is 4.40. The number of halogens is 1. The molecule has 1 aromatic rings. The number of carboxylic acid groups (broad SMARTS) is 1. The van der Waals surface area contributed by atoms with Crippen molar-refractivity contribution in [2.45, 2.75) is 32.9 Å². The molecule has 1 atom stereocenters. The van der Waals surface area contributed by atoms with Crippen LogP contribution in [0.15, 0.2) is 24.3 Å². The lowest BCUT2D eigenvalue weighted by Gasteiger charge is -2.25. The number of nitrogens with zero attached hydrogens (tertiary/aromatic N) is 1. The molecule has 2 N–H and O–H groups in total. The van der Waals surface area contributed by atoms with Gasteiger partial charge in [0.15, 0.2) is 0 Å². The Balaban J connectivity index is 2.51. The predicted molar refractivity (Wildman–Crippen MR) is 77.2 cm³/mol. The van der Waals surface area contributed by atoms with Gasteiger partial charge in [0.25, 0.3) is 0 Å². The van der Waals surface area contributed by atoms with Crippen molar-refractivity contribution in [3.63, 3.8) is 0 Å². The van der Waals surface area contributed by atoms with E-state index in [1.807, 2.05) is 6.92 Å². The fraction of sp³-hybridized carbons (Fsp3) is 0.467. The number of carbonyl (C=O) groups excluding carboxylic acids is 1. The first-order valence-corrected chi connectivity index (χ1v) is 6.95. The molecular weight excluding hydrogens is 275 g/mol. The summed E-state index contributed by atoms with van der Waals surface area (Å²) in [5.74, 6) is -1.50. The van der Waals surface area contributed by atoms with Crippen molar-refractivity contribution in [1.82, 2.24) is 10.2 Å². The number of likely N-dealkylation sites (N-methyl/N-ethyl adjacent to an activating group) is 1. The highest BCUT2D eigenvalue weighted by atomic mass is 19.1. The molecule has 0 saturated heterocycles. The van der Waals surface area contributed by atoms with E-state index in [2.05, 4.69) is 5.32 Å². The Morgan fingerprint density at radius 3 is 2.38 bits per heavy atom. The van der Waals surface area contributed by atoms with Gasteiger partial charge in [0, 0.05) is 6.54 Å². The molecule has 0 saturated carbocycles. The Kier molecular flexibility index (Phi) is 6.81. The van der Waals surface area contributed by atoms with Gasteiger partial charge in [-0.15, -0.1) is 0 Å². The van der Waals surface area contributed by atoms with Crippen LogP contribution in [0.1, 0.15) is 25.8 Å². The Hall–Kier alpha value is -1.95. The van der Waals surface area contributed by atoms with Crippen LogP contribution in [0.2, 0.25) is 0 Å². The molecule has 0 aliphatic carbocycles. The van der Waals surface area contributed by atoms with Gasteiger partial charge in [0.2, 0.25) is 5.91 Å². The van der Waals surface area contributed by atoms with E-state index in [-0.39, 0.29) is 18.3 Å². The van der Waals surface area contributed by atoms with Gasteiger partial charge >= 0.3 is 5.97 Å². The largest absolute Gasteiger partial charge is 0.480 e. The maximum atomic E-state index is 12.8. The summed E-state index contributed by atoms with van der Waals surface area (Å²) in [4.78, 5) is 24.6. The summed E-state index contributed by atoms with van der Waals surface area (Å²) in [5.41, 5.74) is 0.790. The summed E-state index contributed by atoms with van der Waals surface area (Å²) >= 11 is 0. The molecule has 0 radical (unpaired) electrons. The van der Waals surface area contributed by atoms with Crippen molar-refractivity contribution >= 4 is 11.9 Å². The molecule has 5 nitrogen and oxygen atoms in total. The summed E-state index contributed by atoms with van der Waals surface area (Å²) in [6, 6.07) is 5.19. The number of carbonyl (C=O) groups is 2. The number of carboxylic acids is 1. The highest BCUT2D eigenvalue weighted by molar-refractivity contribution is 5.79. The van der Waals surface area contributed by atoms with Crippen molar-refractivity contribution in [1.29, 1.82) is 0 Å². The topological polar surface area (TPSA) is 69.6 Å². The number of hydrogen-bond acceptors (Lipinski definition) is 3. The molecular formula is C15H21FN2O3. The highest BCUT2D eigenvalue weighted by Crippen LogP contribution is 2.05. The third-order valence-corrected chi connectivity index (χ3v) is 3.27. The predicted octanol–water partition coefficient (Wildman–Crippen LogP) is 1.63. The van der Waals surface area contributed by atoms with Crippen LogP contribution in [-0.4, -0.2) is 41.0 Å². The minimum absolute atomic E-state index is 0.0303. The molecule has 1 rings (SSSR count). The highest BCUT2D eigenvalue weighted by Gasteiger charge is 2.24. The average Bonchev–Trinajstić information content (AvgIpc) is 2.46. The van der Waals surface area contributed by atoms with Crippen LogP contribution in [0, 0.1) is 5.82 Å². The zero-order chi connectivity index (χ0) is 15.8. The normalized spacial score (nSPS) is 12.2. The summed E-state index contributed by atoms with van der Waals surface area (Å²) < 4.78 is 12.8. The maximum absolute atomic E-state index is 12.8. The smallest absolute Gasteiger partial charge is 0.320 e. The van der Waals surface area contributed by atoms with Crippen LogP contribution in [-0.2, 0) is 16.1 Å². The van der Waals surface area contributed by atoms with Gasteiger partial charge in [0.1, 0.15) is 11.9 Å². The maximum Gasteiger partial charge on any atom is 0.320 e. The standard InChI is InChI=1S/C15H21FN2O3/c1-3-13(15(20)21)18(4-2)10-14(19)17-9-11-5-7-12(16)8-6-11/h5-8,13H,3-4,9-10H2,1-2H3,(H,17,19)(H,20,21). The molecule has 1 aromatic carbocycles. The Labute approximate surface area is 123 Å². The molecule has 0 aliphatic rings. The monoisotopic (exact) mass is 296 g/mol. The molecule has 116 valence electrons. The number of hydrogen-bond donors (Lipinski definition) is 2. The van der Waals surface area contributed by atoms with E-state index in [0.717, 1.165) is 5.56 Å². The van der Waals surface area contributed by atoms with E-state index in [1.54, 1.807) is 24.0 Å². The van der Waals surface area contributed by atoms with Gasteiger partial charge in [-0.05, 0) is 30.7 Å². The minimum Gasteiger partial charge on any atom is -0.480 e. The minimum atomic E-state index is -0.925. The van der Waals surface area contributed by atoms with Crippen LogP contribution in [0.5, 0.6) is 0 Å². The third-order valence-electron chi connectivity index (χ3n) is 3.27. The number of benzene rings is 1. The molecule has 0 aromatic heterocycles. The number of nitrogens with one attached hydrogen (secondary N) is 1. The first-order chi connectivity index (χ1) is 9.97. The van der Waals surface area contributed by atoms with Gasteiger partial charge < -0.3 is 10.4 Å². The van der Waals surface area contributed by atoms with Gasteiger partial charge in [-0.2, -0.15) is 0 Å². The number of aliphatic carboxylic acids is 1. The summed E-state index contributed by atoms with van der Waals surface area (Å²) in [5, 5.41) is 11.8. The van der Waals surface area contributed by atoms with E-state index >= 15 is 0 Å². The van der Waals surface area contributed by atoms with Crippen molar-refractivity contribution < 1.29 is 19.1 Å². The molecule has 21 heavy (non-hydrogen) atoms. The van der Waals surface area contributed by atoms with E-state index in [9.17, 15) is 14.0 Å². The third kappa shape index (κ3) is 5.51. The lowest BCUT2D eigenvalue weighted by Crippen LogP contribution is -2.46. The van der Waals surface area contributed by atoms with Crippen LogP contribution >= 0.6 is 0 Å². The molecule has 0 spiro atoms. The fourth-order valence-corrected chi connectivity index (χ4v) is 2.07. The molecule has 1 amide bonds. The van der Waals surface area contributed by atoms with Gasteiger partial charge in [-0.25, -0.2) is 4.39 Å². The lowest BCUT2D eigenvalue weighted by atomic mass is 10.2. The second-order valence-corrected chi connectivity index (χ2v) is 4.73. The second kappa shape index (κ2) is 8.36. The number of rotatable bonds is 8. The molecule has 0 aliphatic heterocycles. The first-order valence-electron chi connectivity index (χ1n) is 6.95. The van der Waals surface area contributed by atoms with Crippen molar-refractivity contribution in [3.05, 3.63) is 35.6 Å². The van der Waals surface area contributed by atoms with Crippen LogP contribution < -0.4 is 5.32 Å². The van der Waals surface area contributed by atoms with E-state index < -0.39 is 12.0 Å². The summed E-state index contributed by atoms with van der Waals surface area (Å²) in [7, 11) is 0. The SMILES string of the molecule is CCC(C(=O)O)N(CC)CC(=O)NCc1ccc(F)cc1. The zero-order valence-corrected chi connectivity index (χ0v) is 12.3. The van der Waals surface area contributed by atoms with Crippen molar-refractivity contribution in [3.8, 4) is 0 Å². The fourth-order valence-electron chi connectivity index (χ4n) is 2.07. The second-order valence-electron chi connectivity index (χ2n) is 4.73. The van der Waals surface area contributed by atoms with Gasteiger partial charge in [-0.3, -0.25) is 14.5 Å². The zero-order valence-electron chi connectivity index (χ0n) is 12.3. The van der Waals surface area contributed by atoms with E-state index in [0.29, 0.717) is 19.5 Å². The van der Waals surface area contributed by atoms with Crippen LogP contribution in [0.3, 0.4) is 0 Å². The molecule has 6 heteroatoms. The van der Waals surface area contributed by atoms with E-state index in [1.165, 1.54) is 12.1 Å². The van der Waals surface area contributed by atoms with Crippen molar-refractivity contribution in [2.24, 2.45) is 0 Å². The van der Waals surface area contributed by atoms with Gasteiger partial charge in [-0.1, -0.05) is 26.0 Å². The Bertz CT molecular complexity index is 476. The van der Waals surface area contributed by atoms with E-state index in [4.69, 9.17) is 5.11 Å². The lowest BCUT2D eigenvalue weighted by molar-refractivity contribution is -0.144. The number of amides is 1. The van der Waals surface area contributed by atoms with Gasteiger partial charge in [0.05, 0.1) is 6.54 Å². The van der Waals surface area contributed by atoms with Crippen LogP contribution in [0.4, 0.5) is 4.39 Å². The Morgan fingerprint density at radius 1 is 1.29 bits per heavy atom. The molecule has 0 fully saturated rings. The average molecular weight is 296 g/mol. The van der Waals surface area contributed by atoms with Crippen LogP contribution in [0.25, 0.3) is 0 Å². The Morgan fingerprint density at radius 2 is 1.90 bits per heavy atom. The quantitative estimate of drug-likeness (QED) is 0.765. The van der Waals surface area contributed by atoms with Crippen molar-refractivity contribution in [2.75, 3.05) is 13.1 Å². The summed E-state index contributed by atoms with van der Waals surface area (Å²) in [6.07, 6.45) is 0.439. The molecule has 0 bridgehead atoms. The first kappa shape index (κ1) is 17.1.